The first kappa shape index (κ1) is 19.5. The standard InChI is InChI=1S/C22H20F2N6/c1-12-15(9-13-5-3-2-4-6-13)20(27-11-14-7-8-16(23)17(24)10-14)29-21-18(12)19(25)28-22(26)30-21/h2-8,10H,9,11H2,1H3,(H5,25,26,27,28,29,30). The van der Waals surface area contributed by atoms with Gasteiger partial charge in [0.25, 0.3) is 0 Å². The molecule has 30 heavy (non-hydrogen) atoms. The summed E-state index contributed by atoms with van der Waals surface area (Å²) >= 11 is 0. The molecule has 2 aromatic carbocycles. The molecular formula is C22H20F2N6. The number of hydrogen-bond acceptors (Lipinski definition) is 6. The zero-order valence-electron chi connectivity index (χ0n) is 16.3. The second-order valence-electron chi connectivity index (χ2n) is 6.99. The Bertz CT molecular complexity index is 1230. The highest BCUT2D eigenvalue weighted by Crippen LogP contribution is 2.30. The van der Waals surface area contributed by atoms with Gasteiger partial charge in [0.15, 0.2) is 17.3 Å². The summed E-state index contributed by atoms with van der Waals surface area (Å²) in [5, 5.41) is 3.87. The summed E-state index contributed by atoms with van der Waals surface area (Å²) in [4.78, 5) is 12.9. The molecule has 0 saturated heterocycles. The van der Waals surface area contributed by atoms with Crippen molar-refractivity contribution in [2.45, 2.75) is 19.9 Å². The zero-order valence-corrected chi connectivity index (χ0v) is 16.3. The van der Waals surface area contributed by atoms with E-state index in [1.54, 1.807) is 0 Å². The van der Waals surface area contributed by atoms with E-state index >= 15 is 0 Å². The van der Waals surface area contributed by atoms with Crippen molar-refractivity contribution >= 4 is 28.6 Å². The fourth-order valence-electron chi connectivity index (χ4n) is 3.42. The molecule has 4 aromatic rings. The van der Waals surface area contributed by atoms with Crippen molar-refractivity contribution in [3.8, 4) is 0 Å². The molecule has 0 amide bonds. The quantitative estimate of drug-likeness (QED) is 0.463. The van der Waals surface area contributed by atoms with E-state index in [4.69, 9.17) is 11.5 Å². The molecule has 0 fully saturated rings. The Labute approximate surface area is 172 Å². The molecule has 2 heterocycles. The van der Waals surface area contributed by atoms with Gasteiger partial charge in [-0.1, -0.05) is 36.4 Å². The smallest absolute Gasteiger partial charge is 0.224 e. The van der Waals surface area contributed by atoms with Crippen LogP contribution in [0.2, 0.25) is 0 Å². The van der Waals surface area contributed by atoms with Crippen molar-refractivity contribution in [1.82, 2.24) is 15.0 Å². The lowest BCUT2D eigenvalue weighted by molar-refractivity contribution is 0.507. The number of nitrogen functional groups attached to an aromatic ring is 2. The maximum atomic E-state index is 13.6. The number of aryl methyl sites for hydroxylation is 1. The monoisotopic (exact) mass is 406 g/mol. The molecule has 152 valence electrons. The summed E-state index contributed by atoms with van der Waals surface area (Å²) in [6, 6.07) is 13.7. The Balaban J connectivity index is 1.78. The number of hydrogen-bond donors (Lipinski definition) is 3. The van der Waals surface area contributed by atoms with Crippen LogP contribution in [0.3, 0.4) is 0 Å². The van der Waals surface area contributed by atoms with Crippen LogP contribution in [-0.4, -0.2) is 15.0 Å². The number of anilines is 3. The van der Waals surface area contributed by atoms with Gasteiger partial charge in [0, 0.05) is 18.5 Å². The third kappa shape index (κ3) is 3.84. The molecule has 0 radical (unpaired) electrons. The lowest BCUT2D eigenvalue weighted by Gasteiger charge is -2.17. The number of rotatable bonds is 5. The van der Waals surface area contributed by atoms with Crippen molar-refractivity contribution in [1.29, 1.82) is 0 Å². The highest BCUT2D eigenvalue weighted by molar-refractivity contribution is 5.92. The Kier molecular flexibility index (Phi) is 5.14. The minimum Gasteiger partial charge on any atom is -0.383 e. The topological polar surface area (TPSA) is 103 Å². The first-order valence-electron chi connectivity index (χ1n) is 9.36. The number of nitrogens with two attached hydrogens (primary N) is 2. The van der Waals surface area contributed by atoms with Crippen molar-refractivity contribution in [2.24, 2.45) is 0 Å². The van der Waals surface area contributed by atoms with Gasteiger partial charge < -0.3 is 16.8 Å². The van der Waals surface area contributed by atoms with Gasteiger partial charge in [-0.25, -0.2) is 13.8 Å². The Morgan fingerprint density at radius 3 is 2.40 bits per heavy atom. The molecule has 5 N–H and O–H groups in total. The summed E-state index contributed by atoms with van der Waals surface area (Å²) in [5.41, 5.74) is 15.7. The Hall–Kier alpha value is -3.81. The molecule has 0 bridgehead atoms. The van der Waals surface area contributed by atoms with Gasteiger partial charge in [0.2, 0.25) is 5.95 Å². The van der Waals surface area contributed by atoms with Gasteiger partial charge in [-0.05, 0) is 35.7 Å². The Morgan fingerprint density at radius 2 is 1.67 bits per heavy atom. The molecule has 4 rings (SSSR count). The molecule has 0 unspecified atom stereocenters. The summed E-state index contributed by atoms with van der Waals surface area (Å²) in [7, 11) is 0. The van der Waals surface area contributed by atoms with E-state index < -0.39 is 11.6 Å². The van der Waals surface area contributed by atoms with Gasteiger partial charge in [0.05, 0.1) is 5.39 Å². The highest BCUT2D eigenvalue weighted by atomic mass is 19.2. The number of nitrogens with one attached hydrogen (secondary N) is 1. The second-order valence-corrected chi connectivity index (χ2v) is 6.99. The van der Waals surface area contributed by atoms with Crippen LogP contribution in [0.25, 0.3) is 11.0 Å². The molecule has 0 spiro atoms. The van der Waals surface area contributed by atoms with Crippen molar-refractivity contribution in [2.75, 3.05) is 16.8 Å². The van der Waals surface area contributed by atoms with Crippen LogP contribution in [0.15, 0.2) is 48.5 Å². The number of nitrogens with zero attached hydrogens (tertiary/aromatic N) is 3. The second kappa shape index (κ2) is 7.90. The number of aromatic nitrogens is 3. The molecular weight excluding hydrogens is 386 g/mol. The largest absolute Gasteiger partial charge is 0.383 e. The van der Waals surface area contributed by atoms with Crippen molar-refractivity contribution in [3.05, 3.63) is 82.4 Å². The van der Waals surface area contributed by atoms with Gasteiger partial charge in [-0.3, -0.25) is 0 Å². The van der Waals surface area contributed by atoms with Crippen LogP contribution >= 0.6 is 0 Å². The van der Waals surface area contributed by atoms with Gasteiger partial charge in [-0.15, -0.1) is 0 Å². The van der Waals surface area contributed by atoms with Crippen LogP contribution in [-0.2, 0) is 13.0 Å². The third-order valence-electron chi connectivity index (χ3n) is 4.93. The first-order chi connectivity index (χ1) is 14.4. The number of halogens is 2. The van der Waals surface area contributed by atoms with E-state index in [1.807, 2.05) is 37.3 Å². The number of benzene rings is 2. The van der Waals surface area contributed by atoms with Crippen LogP contribution in [0.1, 0.15) is 22.3 Å². The fourth-order valence-corrected chi connectivity index (χ4v) is 3.42. The van der Waals surface area contributed by atoms with E-state index in [-0.39, 0.29) is 18.3 Å². The van der Waals surface area contributed by atoms with E-state index in [2.05, 4.69) is 20.3 Å². The number of fused-ring (bicyclic) bond motifs is 1. The lowest BCUT2D eigenvalue weighted by atomic mass is 9.98. The molecule has 0 aliphatic heterocycles. The van der Waals surface area contributed by atoms with Crippen LogP contribution in [0.4, 0.5) is 26.4 Å². The Morgan fingerprint density at radius 1 is 0.900 bits per heavy atom. The fraction of sp³-hybridized carbons (Fsp3) is 0.136. The van der Waals surface area contributed by atoms with E-state index in [1.165, 1.54) is 6.07 Å². The molecule has 0 saturated carbocycles. The summed E-state index contributed by atoms with van der Waals surface area (Å²) in [5.74, 6) is -0.898. The maximum Gasteiger partial charge on any atom is 0.224 e. The highest BCUT2D eigenvalue weighted by Gasteiger charge is 2.17. The van der Waals surface area contributed by atoms with Gasteiger partial charge in [-0.2, -0.15) is 9.97 Å². The minimum absolute atomic E-state index is 0.0364. The molecule has 0 atom stereocenters. The van der Waals surface area contributed by atoms with E-state index in [0.29, 0.717) is 28.8 Å². The van der Waals surface area contributed by atoms with Crippen LogP contribution < -0.4 is 16.8 Å². The molecule has 6 nitrogen and oxygen atoms in total. The average molecular weight is 406 g/mol. The number of pyridine rings is 1. The molecule has 2 aromatic heterocycles. The zero-order chi connectivity index (χ0) is 21.3. The van der Waals surface area contributed by atoms with E-state index in [9.17, 15) is 8.78 Å². The van der Waals surface area contributed by atoms with Crippen molar-refractivity contribution < 1.29 is 8.78 Å². The van der Waals surface area contributed by atoms with Gasteiger partial charge >= 0.3 is 0 Å². The summed E-state index contributed by atoms with van der Waals surface area (Å²) in [6.45, 7) is 2.19. The third-order valence-corrected chi connectivity index (χ3v) is 4.93. The maximum absolute atomic E-state index is 13.6. The summed E-state index contributed by atoms with van der Waals surface area (Å²) < 4.78 is 26.8. The average Bonchev–Trinajstić information content (AvgIpc) is 2.71. The predicted molar refractivity (Wildman–Crippen MR) is 114 cm³/mol. The first-order valence-corrected chi connectivity index (χ1v) is 9.36. The minimum atomic E-state index is -0.894. The molecule has 0 aliphatic carbocycles. The van der Waals surface area contributed by atoms with Gasteiger partial charge in [0.1, 0.15) is 11.6 Å². The molecule has 0 aliphatic rings. The van der Waals surface area contributed by atoms with Crippen molar-refractivity contribution in [3.63, 3.8) is 0 Å². The van der Waals surface area contributed by atoms with Crippen LogP contribution in [0, 0.1) is 18.6 Å². The van der Waals surface area contributed by atoms with Crippen LogP contribution in [0.5, 0.6) is 0 Å². The van der Waals surface area contributed by atoms with E-state index in [0.717, 1.165) is 28.8 Å². The lowest BCUT2D eigenvalue weighted by Crippen LogP contribution is -2.10. The molecule has 8 heteroatoms. The SMILES string of the molecule is Cc1c(Cc2ccccc2)c(NCc2ccc(F)c(F)c2)nc2nc(N)nc(N)c12. The summed E-state index contributed by atoms with van der Waals surface area (Å²) in [6.07, 6.45) is 0.597. The predicted octanol–water partition coefficient (Wildman–Crippen LogP) is 3.98. The normalized spacial score (nSPS) is 11.0.